The average Bonchev–Trinajstić information content (AvgIpc) is 1.41. The molecule has 0 aromatic rings. The second kappa shape index (κ2) is 9.08. The van der Waals surface area contributed by atoms with E-state index in [1.165, 1.54) is 0 Å². The van der Waals surface area contributed by atoms with Gasteiger partial charge in [0.25, 0.3) is 0 Å². The molecule has 0 aromatic heterocycles. The molecule has 0 rings (SSSR count). The Morgan fingerprint density at radius 2 is 1.50 bits per heavy atom. The summed E-state index contributed by atoms with van der Waals surface area (Å²) in [5.74, 6) is 0. The smallest absolute Gasteiger partial charge is 0 e. The van der Waals surface area contributed by atoms with Gasteiger partial charge in [0.2, 0.25) is 0 Å². The molecular weight excluding hydrogens is 134 g/mol. The SMILES string of the molecule is N#[C][Ni][C]#N.[Na]. The third-order valence-electron chi connectivity index (χ3n) is 0.0707. The van der Waals surface area contributed by atoms with E-state index < -0.39 is 0 Å². The molecule has 0 unspecified atom stereocenters. The number of hydrogen-bond donors (Lipinski definition) is 0. The van der Waals surface area contributed by atoms with Crippen LogP contribution in [0.25, 0.3) is 0 Å². The van der Waals surface area contributed by atoms with Crippen LogP contribution < -0.4 is 0 Å². The Hall–Kier alpha value is 0.474. The molecule has 4 heteroatoms. The van der Waals surface area contributed by atoms with E-state index in [9.17, 15) is 0 Å². The van der Waals surface area contributed by atoms with Gasteiger partial charge in [0.1, 0.15) is 0 Å². The van der Waals surface area contributed by atoms with Crippen LogP contribution in [0.3, 0.4) is 0 Å². The number of hydrogen-bond acceptors (Lipinski definition) is 2. The first-order chi connectivity index (χ1) is 2.41. The van der Waals surface area contributed by atoms with Gasteiger partial charge in [0.15, 0.2) is 0 Å². The van der Waals surface area contributed by atoms with Crippen molar-refractivity contribution in [1.29, 1.82) is 10.5 Å². The van der Waals surface area contributed by atoms with Crippen molar-refractivity contribution >= 4 is 29.6 Å². The Morgan fingerprint density at radius 3 is 1.50 bits per heavy atom. The van der Waals surface area contributed by atoms with Crippen LogP contribution >= 0.6 is 0 Å². The third kappa shape index (κ3) is 8.82. The largest absolute Gasteiger partial charge is 0 e. The molecule has 0 spiro atoms. The number of nitriles is 2. The Morgan fingerprint density at radius 1 is 1.17 bits per heavy atom. The third-order valence-corrected chi connectivity index (χ3v) is 0.292. The predicted molar refractivity (Wildman–Crippen MR) is 17.0 cm³/mol. The molecule has 0 aliphatic heterocycles. The molecule has 0 aromatic carbocycles. The summed E-state index contributed by atoms with van der Waals surface area (Å²) in [6, 6.07) is 0. The zero-order chi connectivity index (χ0) is 4.12. The van der Waals surface area contributed by atoms with Crippen molar-refractivity contribution in [2.24, 2.45) is 0 Å². The monoisotopic (exact) mass is 133 g/mol. The zero-order valence-electron chi connectivity index (χ0n) is 3.21. The molecule has 0 bridgehead atoms. The van der Waals surface area contributed by atoms with Gasteiger partial charge >= 0.3 is 35.0 Å². The fraction of sp³-hybridized carbons (Fsp3) is 0. The van der Waals surface area contributed by atoms with Crippen molar-refractivity contribution < 1.29 is 14.4 Å². The first-order valence-electron chi connectivity index (χ1n) is 0.763. The predicted octanol–water partition coefficient (Wildman–Crippen LogP) is -0.350. The summed E-state index contributed by atoms with van der Waals surface area (Å²) in [5, 5.41) is 18.3. The number of nitrogens with zero attached hydrogens (tertiary/aromatic N) is 2. The topological polar surface area (TPSA) is 47.6 Å². The van der Waals surface area contributed by atoms with E-state index in [4.69, 9.17) is 10.5 Å². The summed E-state index contributed by atoms with van der Waals surface area (Å²) in [5.41, 5.74) is 0. The second-order valence-electron chi connectivity index (χ2n) is 0.220. The summed E-state index contributed by atoms with van der Waals surface area (Å²) < 4.78 is 0. The van der Waals surface area contributed by atoms with E-state index in [2.05, 4.69) is 0 Å². The maximum Gasteiger partial charge on any atom is 0 e. The molecule has 0 heterocycles. The summed E-state index contributed by atoms with van der Waals surface area (Å²) in [7, 11) is 0. The van der Waals surface area contributed by atoms with Crippen LogP contribution in [0.5, 0.6) is 0 Å². The van der Waals surface area contributed by atoms with Crippen molar-refractivity contribution in [1.82, 2.24) is 0 Å². The van der Waals surface area contributed by atoms with Crippen molar-refractivity contribution in [3.8, 4) is 10.1 Å². The van der Waals surface area contributed by atoms with Gasteiger partial charge < -0.3 is 0 Å². The fourth-order valence-electron chi connectivity index (χ4n) is 0.0158. The van der Waals surface area contributed by atoms with E-state index in [0.29, 0.717) is 14.4 Å². The summed E-state index contributed by atoms with van der Waals surface area (Å²) in [6.07, 6.45) is 0. The van der Waals surface area contributed by atoms with Crippen LogP contribution in [0.2, 0.25) is 0 Å². The zero-order valence-corrected chi connectivity index (χ0v) is 6.20. The van der Waals surface area contributed by atoms with Gasteiger partial charge in [-0.3, -0.25) is 0 Å². The molecule has 0 N–H and O–H groups in total. The minimum Gasteiger partial charge on any atom is 0 e. The molecule has 0 amide bonds. The van der Waals surface area contributed by atoms with Crippen molar-refractivity contribution in [3.63, 3.8) is 0 Å². The van der Waals surface area contributed by atoms with Gasteiger partial charge in [-0.25, -0.2) is 0 Å². The Balaban J connectivity index is 0. The molecule has 2 nitrogen and oxygen atoms in total. The first kappa shape index (κ1) is 9.69. The Labute approximate surface area is 64.2 Å². The van der Waals surface area contributed by atoms with Gasteiger partial charge in [-0.15, -0.1) is 0 Å². The van der Waals surface area contributed by atoms with Gasteiger partial charge in [0.05, 0.1) is 0 Å². The summed E-state index contributed by atoms with van der Waals surface area (Å²) in [4.78, 5) is 0. The first-order valence-corrected chi connectivity index (χ1v) is 1.75. The Bertz CT molecular complexity index is 76.7. The summed E-state index contributed by atoms with van der Waals surface area (Å²) >= 11 is 0.431. The van der Waals surface area contributed by atoms with Crippen molar-refractivity contribution in [2.75, 3.05) is 0 Å². The quantitative estimate of drug-likeness (QED) is 0.425. The van der Waals surface area contributed by atoms with Crippen LogP contribution in [0, 0.1) is 20.6 Å². The van der Waals surface area contributed by atoms with Crippen LogP contribution in [-0.2, 0) is 14.4 Å². The average molecular weight is 134 g/mol. The van der Waals surface area contributed by atoms with Gasteiger partial charge in [-0.1, -0.05) is 0 Å². The summed E-state index contributed by atoms with van der Waals surface area (Å²) in [6.45, 7) is 0. The van der Waals surface area contributed by atoms with E-state index in [-0.39, 0.29) is 29.6 Å². The molecule has 0 saturated heterocycles. The number of rotatable bonds is 0. The van der Waals surface area contributed by atoms with E-state index in [1.807, 2.05) is 0 Å². The molecule has 0 aliphatic carbocycles. The van der Waals surface area contributed by atoms with Crippen LogP contribution in [0.15, 0.2) is 0 Å². The van der Waals surface area contributed by atoms with Gasteiger partial charge in [0, 0.05) is 29.6 Å². The van der Waals surface area contributed by atoms with Gasteiger partial charge in [-0.2, -0.15) is 0 Å². The molecular formula is C2N2NaNi. The van der Waals surface area contributed by atoms with Crippen LogP contribution in [-0.4, -0.2) is 29.6 Å². The molecule has 1 radical (unpaired) electrons. The van der Waals surface area contributed by atoms with E-state index in [1.54, 1.807) is 10.1 Å². The minimum atomic E-state index is 0. The van der Waals surface area contributed by atoms with Crippen molar-refractivity contribution in [3.05, 3.63) is 0 Å². The van der Waals surface area contributed by atoms with E-state index in [0.717, 1.165) is 0 Å². The second-order valence-corrected chi connectivity index (χ2v) is 0.909. The molecule has 0 aliphatic rings. The molecule has 6 heavy (non-hydrogen) atoms. The van der Waals surface area contributed by atoms with Crippen LogP contribution in [0.4, 0.5) is 0 Å². The van der Waals surface area contributed by atoms with Crippen molar-refractivity contribution in [2.45, 2.75) is 0 Å². The molecule has 0 fully saturated rings. The van der Waals surface area contributed by atoms with Gasteiger partial charge in [-0.05, 0) is 0 Å². The maximum atomic E-state index is 7.57. The van der Waals surface area contributed by atoms with Crippen LogP contribution in [0.1, 0.15) is 0 Å². The van der Waals surface area contributed by atoms with E-state index >= 15 is 0 Å². The molecule has 29 valence electrons. The maximum absolute atomic E-state index is 7.57. The fourth-order valence-corrected chi connectivity index (χ4v) is 0.0652. The normalized spacial score (nSPS) is 4.33. The minimum absolute atomic E-state index is 0. The Kier molecular flexibility index (Phi) is 14.7. The molecule has 0 atom stereocenters. The standard InChI is InChI=1S/2CN.Na.Ni/c2*1-2;;. The molecule has 0 saturated carbocycles.